The third-order valence-corrected chi connectivity index (χ3v) is 3.32. The van der Waals surface area contributed by atoms with Crippen LogP contribution in [0.2, 0.25) is 0 Å². The Kier molecular flexibility index (Phi) is 5.80. The monoisotopic (exact) mass is 343 g/mol. The summed E-state index contributed by atoms with van der Waals surface area (Å²) in [5.74, 6) is -0.524. The zero-order valence-electron chi connectivity index (χ0n) is 13.7. The highest BCUT2D eigenvalue weighted by molar-refractivity contribution is 5.96. The number of nitro benzene ring substituents is 1. The van der Waals surface area contributed by atoms with Gasteiger partial charge >= 0.3 is 0 Å². The van der Waals surface area contributed by atoms with Crippen molar-refractivity contribution >= 4 is 34.4 Å². The van der Waals surface area contributed by atoms with Gasteiger partial charge in [-0.05, 0) is 43.3 Å². The Labute approximate surface area is 144 Å². The Bertz CT molecular complexity index is 802. The average Bonchev–Trinajstić information content (AvgIpc) is 2.56. The number of anilines is 3. The maximum Gasteiger partial charge on any atom is 0.293 e. The van der Waals surface area contributed by atoms with Gasteiger partial charge in [0, 0.05) is 30.1 Å². The molecule has 0 unspecified atom stereocenters. The van der Waals surface area contributed by atoms with E-state index in [4.69, 9.17) is 4.74 Å². The van der Waals surface area contributed by atoms with E-state index >= 15 is 0 Å². The molecule has 1 amide bonds. The number of Topliss-reactive ketones (excluding diaryl/α,β-unsaturated/α-hetero) is 1. The zero-order chi connectivity index (χ0) is 18.4. The first kappa shape index (κ1) is 18.1. The molecular formula is C17H17N3O5. The summed E-state index contributed by atoms with van der Waals surface area (Å²) in [7, 11) is 1.43. The Morgan fingerprint density at radius 1 is 1.12 bits per heavy atom. The molecule has 0 heterocycles. The molecule has 0 aliphatic carbocycles. The molecule has 25 heavy (non-hydrogen) atoms. The van der Waals surface area contributed by atoms with Crippen LogP contribution in [-0.2, 0) is 9.53 Å². The molecule has 2 rings (SSSR count). The lowest BCUT2D eigenvalue weighted by atomic mass is 10.1. The molecule has 0 aliphatic heterocycles. The van der Waals surface area contributed by atoms with Crippen LogP contribution >= 0.6 is 0 Å². The lowest BCUT2D eigenvalue weighted by Crippen LogP contribution is -2.16. The lowest BCUT2D eigenvalue weighted by Gasteiger charge is -2.09. The number of methoxy groups -OCH3 is 1. The normalized spacial score (nSPS) is 10.2. The van der Waals surface area contributed by atoms with Gasteiger partial charge < -0.3 is 15.4 Å². The van der Waals surface area contributed by atoms with Crippen LogP contribution in [0, 0.1) is 10.1 Å². The number of carbonyl (C=O) groups is 2. The highest BCUT2D eigenvalue weighted by Crippen LogP contribution is 2.29. The van der Waals surface area contributed by atoms with Crippen LogP contribution in [0.15, 0.2) is 42.5 Å². The first-order chi connectivity index (χ1) is 11.9. The van der Waals surface area contributed by atoms with Crippen LogP contribution < -0.4 is 10.6 Å². The molecule has 2 N–H and O–H groups in total. The Balaban J connectivity index is 2.18. The van der Waals surface area contributed by atoms with Gasteiger partial charge in [0.1, 0.15) is 12.3 Å². The van der Waals surface area contributed by atoms with Gasteiger partial charge in [0.05, 0.1) is 4.92 Å². The second-order valence-electron chi connectivity index (χ2n) is 5.23. The van der Waals surface area contributed by atoms with E-state index in [9.17, 15) is 19.7 Å². The minimum absolute atomic E-state index is 0.0469. The number of nitrogens with zero attached hydrogens (tertiary/aromatic N) is 1. The van der Waals surface area contributed by atoms with Gasteiger partial charge in [-0.3, -0.25) is 19.7 Å². The van der Waals surface area contributed by atoms with Crippen molar-refractivity contribution in [3.63, 3.8) is 0 Å². The second kappa shape index (κ2) is 8.02. The van der Waals surface area contributed by atoms with E-state index in [0.29, 0.717) is 11.4 Å². The largest absolute Gasteiger partial charge is 0.375 e. The molecule has 0 saturated carbocycles. The van der Waals surface area contributed by atoms with Gasteiger partial charge in [0.25, 0.3) is 5.69 Å². The molecule has 8 nitrogen and oxygen atoms in total. The molecule has 0 bridgehead atoms. The SMILES string of the molecule is COCC(=O)Nc1ccc(Nc2ccc(C(C)=O)cc2[N+](=O)[O-])cc1. The fraction of sp³-hybridized carbons (Fsp3) is 0.176. The van der Waals surface area contributed by atoms with Crippen molar-refractivity contribution in [1.82, 2.24) is 0 Å². The number of carbonyl (C=O) groups excluding carboxylic acids is 2. The van der Waals surface area contributed by atoms with Gasteiger partial charge in [-0.15, -0.1) is 0 Å². The number of nitro groups is 1. The molecular weight excluding hydrogens is 326 g/mol. The number of amides is 1. The van der Waals surface area contributed by atoms with Crippen LogP contribution in [0.4, 0.5) is 22.7 Å². The Morgan fingerprint density at radius 3 is 2.32 bits per heavy atom. The maximum absolute atomic E-state index is 11.4. The fourth-order valence-electron chi connectivity index (χ4n) is 2.13. The topological polar surface area (TPSA) is 111 Å². The van der Waals surface area contributed by atoms with Gasteiger partial charge in [-0.1, -0.05) is 0 Å². The van der Waals surface area contributed by atoms with Crippen molar-refractivity contribution in [2.24, 2.45) is 0 Å². The van der Waals surface area contributed by atoms with Crippen LogP contribution in [0.1, 0.15) is 17.3 Å². The van der Waals surface area contributed by atoms with Crippen LogP contribution in [0.5, 0.6) is 0 Å². The summed E-state index contributed by atoms with van der Waals surface area (Å²) in [4.78, 5) is 33.5. The predicted octanol–water partition coefficient (Wildman–Crippen LogP) is 3.13. The number of ketones is 1. The van der Waals surface area contributed by atoms with Gasteiger partial charge in [0.2, 0.25) is 5.91 Å². The highest BCUT2D eigenvalue weighted by Gasteiger charge is 2.16. The third-order valence-electron chi connectivity index (χ3n) is 3.32. The van der Waals surface area contributed by atoms with Crippen LogP contribution in [-0.4, -0.2) is 30.3 Å². The Morgan fingerprint density at radius 2 is 1.76 bits per heavy atom. The molecule has 0 aliphatic rings. The van der Waals surface area contributed by atoms with E-state index < -0.39 is 4.92 Å². The van der Waals surface area contributed by atoms with Crippen molar-refractivity contribution < 1.29 is 19.2 Å². The first-order valence-electron chi connectivity index (χ1n) is 7.36. The molecule has 0 spiro atoms. The summed E-state index contributed by atoms with van der Waals surface area (Å²) in [6.07, 6.45) is 0. The summed E-state index contributed by atoms with van der Waals surface area (Å²) in [6.45, 7) is 1.30. The number of benzene rings is 2. The number of hydrogen-bond donors (Lipinski definition) is 2. The standard InChI is InChI=1S/C17H17N3O5/c1-11(21)12-3-8-15(16(9-12)20(23)24)18-13-4-6-14(7-5-13)19-17(22)10-25-2/h3-9,18H,10H2,1-2H3,(H,19,22). The zero-order valence-corrected chi connectivity index (χ0v) is 13.7. The van der Waals surface area contributed by atoms with Crippen LogP contribution in [0.25, 0.3) is 0 Å². The van der Waals surface area contributed by atoms with Crippen LogP contribution in [0.3, 0.4) is 0 Å². The lowest BCUT2D eigenvalue weighted by molar-refractivity contribution is -0.383. The minimum Gasteiger partial charge on any atom is -0.375 e. The van der Waals surface area contributed by atoms with E-state index in [2.05, 4.69) is 10.6 Å². The highest BCUT2D eigenvalue weighted by atomic mass is 16.6. The smallest absolute Gasteiger partial charge is 0.293 e. The van der Waals surface area contributed by atoms with E-state index in [1.807, 2.05) is 0 Å². The molecule has 130 valence electrons. The quantitative estimate of drug-likeness (QED) is 0.454. The van der Waals surface area contributed by atoms with E-state index in [0.717, 1.165) is 0 Å². The van der Waals surface area contributed by atoms with Gasteiger partial charge in [0.15, 0.2) is 5.78 Å². The summed E-state index contributed by atoms with van der Waals surface area (Å²) < 4.78 is 4.73. The number of ether oxygens (including phenoxy) is 1. The van der Waals surface area contributed by atoms with Crippen molar-refractivity contribution in [3.8, 4) is 0 Å². The molecule has 0 fully saturated rings. The summed E-state index contributed by atoms with van der Waals surface area (Å²) in [5.41, 5.74) is 1.53. The molecule has 8 heteroatoms. The summed E-state index contributed by atoms with van der Waals surface area (Å²) in [6, 6.07) is 10.9. The summed E-state index contributed by atoms with van der Waals surface area (Å²) in [5, 5.41) is 16.8. The van der Waals surface area contributed by atoms with Gasteiger partial charge in [-0.25, -0.2) is 0 Å². The molecule has 2 aromatic rings. The van der Waals surface area contributed by atoms with Crippen molar-refractivity contribution in [2.75, 3.05) is 24.4 Å². The maximum atomic E-state index is 11.4. The Hall–Kier alpha value is -3.26. The number of rotatable bonds is 7. The van der Waals surface area contributed by atoms with Crippen molar-refractivity contribution in [1.29, 1.82) is 0 Å². The minimum atomic E-state index is -0.548. The third kappa shape index (κ3) is 4.85. The van der Waals surface area contributed by atoms with E-state index in [1.54, 1.807) is 24.3 Å². The molecule has 2 aromatic carbocycles. The summed E-state index contributed by atoms with van der Waals surface area (Å²) >= 11 is 0. The molecule has 0 atom stereocenters. The number of hydrogen-bond acceptors (Lipinski definition) is 6. The predicted molar refractivity (Wildman–Crippen MR) is 93.3 cm³/mol. The fourth-order valence-corrected chi connectivity index (χ4v) is 2.13. The van der Waals surface area contributed by atoms with Gasteiger partial charge in [-0.2, -0.15) is 0 Å². The molecule has 0 radical (unpaired) electrons. The number of nitrogens with one attached hydrogen (secondary N) is 2. The van der Waals surface area contributed by atoms with Crippen molar-refractivity contribution in [2.45, 2.75) is 6.92 Å². The van der Waals surface area contributed by atoms with E-state index in [1.165, 1.54) is 32.2 Å². The molecule has 0 saturated heterocycles. The van der Waals surface area contributed by atoms with E-state index in [-0.39, 0.29) is 35.2 Å². The second-order valence-corrected chi connectivity index (χ2v) is 5.23. The average molecular weight is 343 g/mol. The first-order valence-corrected chi connectivity index (χ1v) is 7.36. The molecule has 0 aromatic heterocycles. The van der Waals surface area contributed by atoms with Crippen molar-refractivity contribution in [3.05, 3.63) is 58.1 Å².